The van der Waals surface area contributed by atoms with E-state index in [0.29, 0.717) is 10.6 Å². The van der Waals surface area contributed by atoms with Gasteiger partial charge in [-0.05, 0) is 41.4 Å². The summed E-state index contributed by atoms with van der Waals surface area (Å²) in [5, 5.41) is 4.28. The summed E-state index contributed by atoms with van der Waals surface area (Å²) < 4.78 is 34.5. The number of amides is 2. The Morgan fingerprint density at radius 2 is 1.78 bits per heavy atom. The number of nitrogens with two attached hydrogens (primary N) is 1. The zero-order valence-electron chi connectivity index (χ0n) is 21.4. The second-order valence-electron chi connectivity index (χ2n) is 10.4. The average molecular weight is 522 g/mol. The van der Waals surface area contributed by atoms with Crippen molar-refractivity contribution in [3.8, 4) is 0 Å². The molecule has 0 saturated carbocycles. The number of aliphatic imine (C=N–C) groups is 1. The lowest BCUT2D eigenvalue weighted by molar-refractivity contribution is -0.150. The SMILES string of the molecule is CC(C)C(C)(N)C(=O)OCC1=CC=CSC(=NC(=O)c2cc(F)c(NC(=O)CC(C)(C)C)c(F)c2)C1. The van der Waals surface area contributed by atoms with Crippen molar-refractivity contribution >= 4 is 40.3 Å². The third-order valence-electron chi connectivity index (χ3n) is 5.49. The molecule has 2 rings (SSSR count). The maximum Gasteiger partial charge on any atom is 0.326 e. The maximum atomic E-state index is 14.6. The summed E-state index contributed by atoms with van der Waals surface area (Å²) in [5.41, 5.74) is 4.29. The van der Waals surface area contributed by atoms with Crippen LogP contribution in [0.4, 0.5) is 14.5 Å². The van der Waals surface area contributed by atoms with Crippen LogP contribution in [0, 0.1) is 23.0 Å². The van der Waals surface area contributed by atoms with Crippen LogP contribution >= 0.6 is 11.8 Å². The summed E-state index contributed by atoms with van der Waals surface area (Å²) >= 11 is 1.17. The number of hydrogen-bond acceptors (Lipinski definition) is 6. The van der Waals surface area contributed by atoms with E-state index >= 15 is 0 Å². The lowest BCUT2D eigenvalue weighted by Crippen LogP contribution is -2.50. The van der Waals surface area contributed by atoms with Crippen molar-refractivity contribution in [2.75, 3.05) is 11.9 Å². The highest BCUT2D eigenvalue weighted by atomic mass is 32.2. The van der Waals surface area contributed by atoms with Gasteiger partial charge in [-0.1, -0.05) is 58.5 Å². The summed E-state index contributed by atoms with van der Waals surface area (Å²) in [5.74, 6) is -4.20. The van der Waals surface area contributed by atoms with E-state index in [1.54, 1.807) is 24.5 Å². The molecule has 0 fully saturated rings. The van der Waals surface area contributed by atoms with Crippen molar-refractivity contribution in [3.63, 3.8) is 0 Å². The molecule has 0 spiro atoms. The number of ether oxygens (including phenoxy) is 1. The van der Waals surface area contributed by atoms with Gasteiger partial charge in [0.05, 0.1) is 5.04 Å². The fourth-order valence-electron chi connectivity index (χ4n) is 2.96. The van der Waals surface area contributed by atoms with Crippen LogP contribution in [0.15, 0.2) is 40.3 Å². The topological polar surface area (TPSA) is 111 Å². The largest absolute Gasteiger partial charge is 0.460 e. The van der Waals surface area contributed by atoms with Crippen molar-refractivity contribution in [1.82, 2.24) is 0 Å². The number of carbonyl (C=O) groups excluding carboxylic acids is 3. The Hall–Kier alpha value is -2.85. The summed E-state index contributed by atoms with van der Waals surface area (Å²) in [7, 11) is 0. The number of carbonyl (C=O) groups is 3. The number of rotatable bonds is 7. The fourth-order valence-corrected chi connectivity index (χ4v) is 3.68. The minimum atomic E-state index is -1.14. The van der Waals surface area contributed by atoms with Crippen LogP contribution in [0.25, 0.3) is 0 Å². The van der Waals surface area contributed by atoms with Crippen LogP contribution < -0.4 is 11.1 Å². The second-order valence-corrected chi connectivity index (χ2v) is 11.4. The minimum absolute atomic E-state index is 0.0390. The number of nitrogens with zero attached hydrogens (tertiary/aromatic N) is 1. The van der Waals surface area contributed by atoms with Gasteiger partial charge in [-0.2, -0.15) is 0 Å². The number of nitrogens with one attached hydrogen (secondary N) is 1. The monoisotopic (exact) mass is 521 g/mol. The van der Waals surface area contributed by atoms with Gasteiger partial charge in [-0.3, -0.25) is 14.4 Å². The molecular formula is C26H33F2N3O4S. The van der Waals surface area contributed by atoms with Crippen LogP contribution in [-0.4, -0.2) is 35.0 Å². The van der Waals surface area contributed by atoms with E-state index in [1.807, 2.05) is 34.6 Å². The van der Waals surface area contributed by atoms with Crippen molar-refractivity contribution < 1.29 is 27.9 Å². The maximum absolute atomic E-state index is 14.6. The van der Waals surface area contributed by atoms with Gasteiger partial charge < -0.3 is 15.8 Å². The van der Waals surface area contributed by atoms with E-state index in [0.717, 1.165) is 12.1 Å². The number of thioether (sulfide) groups is 1. The van der Waals surface area contributed by atoms with E-state index in [1.165, 1.54) is 11.8 Å². The molecule has 0 radical (unpaired) electrons. The van der Waals surface area contributed by atoms with E-state index in [4.69, 9.17) is 10.5 Å². The Morgan fingerprint density at radius 1 is 1.17 bits per heavy atom. The summed E-state index contributed by atoms with van der Waals surface area (Å²) in [6, 6.07) is 1.68. The van der Waals surface area contributed by atoms with Gasteiger partial charge in [-0.15, -0.1) is 0 Å². The molecule has 196 valence electrons. The second kappa shape index (κ2) is 11.9. The molecule has 0 aromatic heterocycles. The van der Waals surface area contributed by atoms with Gasteiger partial charge in [0, 0.05) is 18.4 Å². The van der Waals surface area contributed by atoms with Gasteiger partial charge in [0.1, 0.15) is 17.8 Å². The number of allylic oxidation sites excluding steroid dienone is 2. The van der Waals surface area contributed by atoms with Crippen molar-refractivity contribution in [2.24, 2.45) is 22.1 Å². The predicted octanol–water partition coefficient (Wildman–Crippen LogP) is 5.37. The molecule has 1 unspecified atom stereocenters. The number of hydrogen-bond donors (Lipinski definition) is 2. The molecule has 7 nitrogen and oxygen atoms in total. The Labute approximate surface area is 214 Å². The average Bonchev–Trinajstić information content (AvgIpc) is 2.97. The molecule has 0 saturated heterocycles. The van der Waals surface area contributed by atoms with Gasteiger partial charge in [0.15, 0.2) is 11.6 Å². The molecule has 10 heteroatoms. The first kappa shape index (κ1) is 29.4. The normalized spacial score (nSPS) is 16.8. The zero-order chi connectivity index (χ0) is 27.3. The predicted molar refractivity (Wildman–Crippen MR) is 139 cm³/mol. The Morgan fingerprint density at radius 3 is 2.33 bits per heavy atom. The third kappa shape index (κ3) is 8.37. The Bertz CT molecular complexity index is 1100. The zero-order valence-corrected chi connectivity index (χ0v) is 22.2. The first-order chi connectivity index (χ1) is 16.6. The van der Waals surface area contributed by atoms with E-state index in [2.05, 4.69) is 10.3 Å². The van der Waals surface area contributed by atoms with Crippen LogP contribution in [0.2, 0.25) is 0 Å². The molecule has 1 aliphatic rings. The summed E-state index contributed by atoms with van der Waals surface area (Å²) in [4.78, 5) is 41.1. The van der Waals surface area contributed by atoms with Gasteiger partial charge in [-0.25, -0.2) is 13.8 Å². The highest BCUT2D eigenvalue weighted by Crippen LogP contribution is 2.26. The van der Waals surface area contributed by atoms with Crippen molar-refractivity contribution in [2.45, 2.75) is 59.9 Å². The van der Waals surface area contributed by atoms with Gasteiger partial charge in [0.2, 0.25) is 5.91 Å². The van der Waals surface area contributed by atoms with E-state index in [-0.39, 0.29) is 36.3 Å². The fraction of sp³-hybridized carbons (Fsp3) is 0.462. The molecule has 0 bridgehead atoms. The third-order valence-corrected chi connectivity index (χ3v) is 6.29. The number of benzene rings is 1. The van der Waals surface area contributed by atoms with Crippen LogP contribution in [0.5, 0.6) is 0 Å². The molecule has 1 atom stereocenters. The molecule has 0 aliphatic carbocycles. The first-order valence-corrected chi connectivity index (χ1v) is 12.4. The van der Waals surface area contributed by atoms with E-state index in [9.17, 15) is 23.2 Å². The highest BCUT2D eigenvalue weighted by Gasteiger charge is 2.33. The van der Waals surface area contributed by atoms with Crippen molar-refractivity contribution in [1.29, 1.82) is 0 Å². The standard InChI is InChI=1S/C26H33F2N3O4S/c1-15(2)26(6,29)24(34)35-14-16-8-7-9-36-21(10-16)31-23(33)17-11-18(27)22(19(28)12-17)30-20(32)13-25(3,4)5/h7-9,11-12,15H,10,13-14,29H2,1-6H3,(H,30,32). The van der Waals surface area contributed by atoms with Crippen molar-refractivity contribution in [3.05, 3.63) is 52.5 Å². The molecule has 1 aromatic carbocycles. The van der Waals surface area contributed by atoms with Gasteiger partial charge >= 0.3 is 5.97 Å². The Balaban J connectivity index is 2.12. The van der Waals surface area contributed by atoms with Crippen LogP contribution in [0.1, 0.15) is 64.7 Å². The molecule has 3 N–H and O–H groups in total. The lowest BCUT2D eigenvalue weighted by Gasteiger charge is -2.26. The molecule has 1 aromatic rings. The van der Waals surface area contributed by atoms with Crippen LogP contribution in [0.3, 0.4) is 0 Å². The highest BCUT2D eigenvalue weighted by molar-refractivity contribution is 8.16. The number of anilines is 1. The quantitative estimate of drug-likeness (QED) is 0.467. The number of esters is 1. The van der Waals surface area contributed by atoms with E-state index < -0.39 is 40.6 Å². The smallest absolute Gasteiger partial charge is 0.326 e. The first-order valence-electron chi connectivity index (χ1n) is 11.5. The van der Waals surface area contributed by atoms with Crippen LogP contribution in [-0.2, 0) is 14.3 Å². The molecule has 36 heavy (non-hydrogen) atoms. The molecule has 2 amide bonds. The number of halogens is 2. The summed E-state index contributed by atoms with van der Waals surface area (Å²) in [6.45, 7) is 10.7. The molecular weight excluding hydrogens is 488 g/mol. The molecule has 1 heterocycles. The lowest BCUT2D eigenvalue weighted by atomic mass is 9.90. The van der Waals surface area contributed by atoms with Gasteiger partial charge in [0.25, 0.3) is 5.91 Å². The Kier molecular flexibility index (Phi) is 9.73. The minimum Gasteiger partial charge on any atom is -0.460 e. The molecule has 1 aliphatic heterocycles. The summed E-state index contributed by atoms with van der Waals surface area (Å²) in [6.07, 6.45) is 3.73.